The van der Waals surface area contributed by atoms with Crippen LogP contribution in [0.3, 0.4) is 0 Å². The Hall–Kier alpha value is -1.11. The third-order valence-electron chi connectivity index (χ3n) is 3.77. The Morgan fingerprint density at radius 3 is 2.76 bits per heavy atom. The minimum atomic E-state index is -0.204. The molecular formula is C14H24ClN5O. The number of hydrogen-bond donors (Lipinski definition) is 1. The number of nitrogens with one attached hydrogen (secondary N) is 1. The molecule has 1 aromatic rings. The zero-order chi connectivity index (χ0) is 15.2. The highest BCUT2D eigenvalue weighted by molar-refractivity contribution is 6.33. The average molecular weight is 314 g/mol. The van der Waals surface area contributed by atoms with E-state index in [0.717, 1.165) is 45.7 Å². The predicted octanol–water partition coefficient (Wildman–Crippen LogP) is 0.648. The van der Waals surface area contributed by atoms with Crippen LogP contribution in [-0.4, -0.2) is 61.0 Å². The van der Waals surface area contributed by atoms with Crippen molar-refractivity contribution >= 4 is 17.3 Å². The molecule has 0 radical (unpaired) electrons. The minimum absolute atomic E-state index is 0.204. The van der Waals surface area contributed by atoms with Gasteiger partial charge in [-0.2, -0.15) is 5.10 Å². The lowest BCUT2D eigenvalue weighted by Gasteiger charge is -2.29. The fourth-order valence-corrected chi connectivity index (χ4v) is 2.73. The molecule has 1 aliphatic rings. The highest BCUT2D eigenvalue weighted by Crippen LogP contribution is 2.19. The number of aromatic nitrogens is 2. The van der Waals surface area contributed by atoms with Gasteiger partial charge in [0.05, 0.1) is 11.9 Å². The second-order valence-electron chi connectivity index (χ2n) is 5.39. The predicted molar refractivity (Wildman–Crippen MR) is 86.4 cm³/mol. The monoisotopic (exact) mass is 313 g/mol. The van der Waals surface area contributed by atoms with Crippen LogP contribution >= 0.6 is 11.6 Å². The zero-order valence-corrected chi connectivity index (χ0v) is 13.6. The molecular weight excluding hydrogens is 290 g/mol. The molecule has 0 saturated carbocycles. The van der Waals surface area contributed by atoms with Crippen molar-refractivity contribution in [1.29, 1.82) is 0 Å². The molecule has 7 heteroatoms. The highest BCUT2D eigenvalue weighted by Gasteiger charge is 2.14. The standard InChI is InChI=1S/C14H24ClN5O/c1-3-6-20-14(21)13(15)12(11-17-20)18(2)9-10-19-7-4-16-5-8-19/h11,16H,3-10H2,1-2H3. The van der Waals surface area contributed by atoms with Gasteiger partial charge >= 0.3 is 0 Å². The van der Waals surface area contributed by atoms with Gasteiger partial charge in [0.1, 0.15) is 5.02 Å². The van der Waals surface area contributed by atoms with Gasteiger partial charge in [-0.25, -0.2) is 4.68 Å². The third kappa shape index (κ3) is 4.18. The summed E-state index contributed by atoms with van der Waals surface area (Å²) in [5, 5.41) is 7.80. The first-order chi connectivity index (χ1) is 10.1. The number of halogens is 1. The molecule has 6 nitrogen and oxygen atoms in total. The van der Waals surface area contributed by atoms with E-state index in [2.05, 4.69) is 15.3 Å². The number of hydrogen-bond acceptors (Lipinski definition) is 5. The van der Waals surface area contributed by atoms with E-state index >= 15 is 0 Å². The fraction of sp³-hybridized carbons (Fsp3) is 0.714. The van der Waals surface area contributed by atoms with Crippen LogP contribution in [0, 0.1) is 0 Å². The Labute approximate surface area is 130 Å². The van der Waals surface area contributed by atoms with Crippen molar-refractivity contribution in [3.63, 3.8) is 0 Å². The Morgan fingerprint density at radius 1 is 1.38 bits per heavy atom. The van der Waals surface area contributed by atoms with Gasteiger partial charge in [0.2, 0.25) is 0 Å². The van der Waals surface area contributed by atoms with Crippen molar-refractivity contribution in [1.82, 2.24) is 20.0 Å². The van der Waals surface area contributed by atoms with E-state index in [1.807, 2.05) is 18.9 Å². The number of likely N-dealkylation sites (N-methyl/N-ethyl adjacent to an activating group) is 1. The number of nitrogens with zero attached hydrogens (tertiary/aromatic N) is 4. The van der Waals surface area contributed by atoms with Crippen LogP contribution in [0.2, 0.25) is 5.02 Å². The molecule has 0 atom stereocenters. The van der Waals surface area contributed by atoms with E-state index < -0.39 is 0 Å². The summed E-state index contributed by atoms with van der Waals surface area (Å²) < 4.78 is 1.43. The first-order valence-corrected chi connectivity index (χ1v) is 7.91. The molecule has 1 saturated heterocycles. The van der Waals surface area contributed by atoms with E-state index in [4.69, 9.17) is 11.6 Å². The summed E-state index contributed by atoms with van der Waals surface area (Å²) in [6, 6.07) is 0. The van der Waals surface area contributed by atoms with Crippen molar-refractivity contribution < 1.29 is 0 Å². The number of rotatable bonds is 6. The molecule has 1 fully saturated rings. The van der Waals surface area contributed by atoms with Gasteiger partial charge in [-0.05, 0) is 6.42 Å². The van der Waals surface area contributed by atoms with Crippen molar-refractivity contribution in [2.45, 2.75) is 19.9 Å². The Kier molecular flexibility index (Phi) is 6.02. The summed E-state index contributed by atoms with van der Waals surface area (Å²) in [7, 11) is 1.95. The Morgan fingerprint density at radius 2 is 2.10 bits per heavy atom. The normalized spacial score (nSPS) is 16.1. The number of piperazine rings is 1. The topological polar surface area (TPSA) is 53.4 Å². The van der Waals surface area contributed by atoms with Gasteiger partial charge in [-0.15, -0.1) is 0 Å². The van der Waals surface area contributed by atoms with Crippen molar-refractivity contribution in [2.75, 3.05) is 51.2 Å². The molecule has 0 aromatic carbocycles. The molecule has 2 heterocycles. The van der Waals surface area contributed by atoms with Gasteiger partial charge in [-0.3, -0.25) is 9.69 Å². The van der Waals surface area contributed by atoms with Crippen LogP contribution in [0.5, 0.6) is 0 Å². The molecule has 0 unspecified atom stereocenters. The quantitative estimate of drug-likeness (QED) is 0.835. The SMILES string of the molecule is CCCn1ncc(N(C)CCN2CCNCC2)c(Cl)c1=O. The molecule has 1 aromatic heterocycles. The molecule has 0 bridgehead atoms. The van der Waals surface area contributed by atoms with Gasteiger partial charge in [-0.1, -0.05) is 18.5 Å². The third-order valence-corrected chi connectivity index (χ3v) is 4.13. The van der Waals surface area contributed by atoms with Crippen molar-refractivity contribution in [3.05, 3.63) is 21.6 Å². The zero-order valence-electron chi connectivity index (χ0n) is 12.8. The van der Waals surface area contributed by atoms with E-state index in [1.54, 1.807) is 6.20 Å². The molecule has 21 heavy (non-hydrogen) atoms. The summed E-state index contributed by atoms with van der Waals surface area (Å²) in [4.78, 5) is 16.5. The number of aryl methyl sites for hydroxylation is 1. The van der Waals surface area contributed by atoms with E-state index in [9.17, 15) is 4.79 Å². The second kappa shape index (κ2) is 7.77. The summed E-state index contributed by atoms with van der Waals surface area (Å²) >= 11 is 6.21. The van der Waals surface area contributed by atoms with E-state index in [-0.39, 0.29) is 10.6 Å². The number of anilines is 1. The summed E-state index contributed by atoms with van der Waals surface area (Å²) in [6.07, 6.45) is 2.55. The summed E-state index contributed by atoms with van der Waals surface area (Å²) in [6.45, 7) is 8.62. The van der Waals surface area contributed by atoms with Crippen LogP contribution in [0.1, 0.15) is 13.3 Å². The molecule has 2 rings (SSSR count). The lowest BCUT2D eigenvalue weighted by atomic mass is 10.3. The summed E-state index contributed by atoms with van der Waals surface area (Å²) in [5.74, 6) is 0. The van der Waals surface area contributed by atoms with Crippen LogP contribution in [-0.2, 0) is 6.54 Å². The highest BCUT2D eigenvalue weighted by atomic mass is 35.5. The lowest BCUT2D eigenvalue weighted by molar-refractivity contribution is 0.246. The molecule has 0 amide bonds. The van der Waals surface area contributed by atoms with Crippen LogP contribution < -0.4 is 15.8 Å². The van der Waals surface area contributed by atoms with Crippen LogP contribution in [0.25, 0.3) is 0 Å². The molecule has 1 aliphatic heterocycles. The van der Waals surface area contributed by atoms with Crippen molar-refractivity contribution in [2.24, 2.45) is 0 Å². The van der Waals surface area contributed by atoms with E-state index in [0.29, 0.717) is 12.2 Å². The maximum Gasteiger partial charge on any atom is 0.287 e. The molecule has 1 N–H and O–H groups in total. The molecule has 118 valence electrons. The Bertz CT molecular complexity index is 513. The maximum atomic E-state index is 12.1. The second-order valence-corrected chi connectivity index (χ2v) is 5.76. The maximum absolute atomic E-state index is 12.1. The van der Waals surface area contributed by atoms with Crippen LogP contribution in [0.15, 0.2) is 11.0 Å². The van der Waals surface area contributed by atoms with Gasteiger partial charge in [0.15, 0.2) is 0 Å². The fourth-order valence-electron chi connectivity index (χ4n) is 2.44. The largest absolute Gasteiger partial charge is 0.371 e. The lowest BCUT2D eigenvalue weighted by Crippen LogP contribution is -2.46. The average Bonchev–Trinajstić information content (AvgIpc) is 2.51. The Balaban J connectivity index is 2.00. The summed E-state index contributed by atoms with van der Waals surface area (Å²) in [5.41, 5.74) is 0.509. The first kappa shape index (κ1) is 16.3. The minimum Gasteiger partial charge on any atom is -0.371 e. The van der Waals surface area contributed by atoms with E-state index in [1.165, 1.54) is 4.68 Å². The van der Waals surface area contributed by atoms with Gasteiger partial charge in [0.25, 0.3) is 5.56 Å². The smallest absolute Gasteiger partial charge is 0.287 e. The van der Waals surface area contributed by atoms with Gasteiger partial charge < -0.3 is 10.2 Å². The van der Waals surface area contributed by atoms with Crippen LogP contribution in [0.4, 0.5) is 5.69 Å². The molecule has 0 spiro atoms. The van der Waals surface area contributed by atoms with Crippen molar-refractivity contribution in [3.8, 4) is 0 Å². The molecule has 0 aliphatic carbocycles. The first-order valence-electron chi connectivity index (χ1n) is 7.53. The van der Waals surface area contributed by atoms with Gasteiger partial charge in [0, 0.05) is 52.9 Å².